The molecule has 0 radical (unpaired) electrons. The number of carbonyl (C=O) groups excluding carboxylic acids is 2. The van der Waals surface area contributed by atoms with E-state index in [9.17, 15) is 9.59 Å². The lowest BCUT2D eigenvalue weighted by Gasteiger charge is -2.25. The van der Waals surface area contributed by atoms with Crippen molar-refractivity contribution in [3.8, 4) is 0 Å². The Hall–Kier alpha value is -0.620. The molecule has 0 fully saturated rings. The van der Waals surface area contributed by atoms with Crippen molar-refractivity contribution in [1.29, 1.82) is 0 Å². The zero-order valence-electron chi connectivity index (χ0n) is 9.95. The lowest BCUT2D eigenvalue weighted by molar-refractivity contribution is -0.163. The van der Waals surface area contributed by atoms with Crippen molar-refractivity contribution in [3.63, 3.8) is 0 Å². The summed E-state index contributed by atoms with van der Waals surface area (Å²) in [6, 6.07) is -1.01. The summed E-state index contributed by atoms with van der Waals surface area (Å²) in [5, 5.41) is 0.248. The van der Waals surface area contributed by atoms with Crippen LogP contribution in [0.3, 0.4) is 0 Å². The predicted octanol–water partition coefficient (Wildman–Crippen LogP) is 0.839. The van der Waals surface area contributed by atoms with Crippen molar-refractivity contribution >= 4 is 27.9 Å². The molecule has 0 aromatic heterocycles. The van der Waals surface area contributed by atoms with Gasteiger partial charge in [0.05, 0.1) is 13.0 Å². The van der Waals surface area contributed by atoms with Crippen LogP contribution >= 0.6 is 15.9 Å². The maximum atomic E-state index is 11.7. The van der Waals surface area contributed by atoms with Crippen LogP contribution in [0.4, 0.5) is 0 Å². The minimum absolute atomic E-state index is 0.248. The number of nitrogens with two attached hydrogens (primary N) is 1. The quantitative estimate of drug-likeness (QED) is 0.614. The highest BCUT2D eigenvalue weighted by atomic mass is 79.9. The van der Waals surface area contributed by atoms with Gasteiger partial charge in [0.25, 0.3) is 0 Å². The zero-order valence-corrected chi connectivity index (χ0v) is 11.5. The summed E-state index contributed by atoms with van der Waals surface area (Å²) in [6.45, 7) is 5.25. The molecule has 0 aliphatic rings. The molecule has 0 saturated heterocycles. The standard InChI is InChI=1S/C10H18BrNO4/c1-10(2,3)16-8(13)6(5-11)7(12)9(14)15-4/h6-7H,5,12H2,1-4H3/t6-,7?/m1/s1. The molecule has 0 aromatic rings. The van der Waals surface area contributed by atoms with Crippen molar-refractivity contribution < 1.29 is 19.1 Å². The van der Waals surface area contributed by atoms with Crippen LogP contribution in [0.15, 0.2) is 0 Å². The molecule has 5 nitrogen and oxygen atoms in total. The van der Waals surface area contributed by atoms with Crippen LogP contribution < -0.4 is 5.73 Å². The number of ether oxygens (including phenoxy) is 2. The maximum Gasteiger partial charge on any atom is 0.323 e. The topological polar surface area (TPSA) is 78.6 Å². The number of hydrogen-bond donors (Lipinski definition) is 1. The number of rotatable bonds is 4. The maximum absolute atomic E-state index is 11.7. The molecule has 16 heavy (non-hydrogen) atoms. The van der Waals surface area contributed by atoms with Gasteiger partial charge in [0.15, 0.2) is 0 Å². The molecule has 1 unspecified atom stereocenters. The first-order valence-corrected chi connectivity index (χ1v) is 5.97. The summed E-state index contributed by atoms with van der Waals surface area (Å²) in [5.41, 5.74) is 4.99. The third-order valence-corrected chi connectivity index (χ3v) is 2.48. The van der Waals surface area contributed by atoms with Gasteiger partial charge in [-0.2, -0.15) is 0 Å². The van der Waals surface area contributed by atoms with Crippen LogP contribution in [0.25, 0.3) is 0 Å². The molecule has 0 spiro atoms. The minimum atomic E-state index is -1.01. The molecule has 0 rings (SSSR count). The van der Waals surface area contributed by atoms with Crippen LogP contribution in [-0.2, 0) is 19.1 Å². The fraction of sp³-hybridized carbons (Fsp3) is 0.800. The van der Waals surface area contributed by atoms with Gasteiger partial charge in [0, 0.05) is 5.33 Å². The molecule has 0 aliphatic carbocycles. The highest BCUT2D eigenvalue weighted by Gasteiger charge is 2.33. The van der Waals surface area contributed by atoms with Crippen molar-refractivity contribution in [1.82, 2.24) is 0 Å². The fourth-order valence-electron chi connectivity index (χ4n) is 0.983. The summed E-state index contributed by atoms with van der Waals surface area (Å²) >= 11 is 3.13. The number of carbonyl (C=O) groups is 2. The summed E-state index contributed by atoms with van der Waals surface area (Å²) in [4.78, 5) is 22.9. The van der Waals surface area contributed by atoms with Crippen LogP contribution in [0.5, 0.6) is 0 Å². The van der Waals surface area contributed by atoms with E-state index < -0.39 is 29.5 Å². The Morgan fingerprint density at radius 1 is 1.31 bits per heavy atom. The van der Waals surface area contributed by atoms with Gasteiger partial charge in [0.1, 0.15) is 11.6 Å². The molecule has 0 aliphatic heterocycles. The van der Waals surface area contributed by atoms with Crippen LogP contribution in [-0.4, -0.2) is 36.0 Å². The number of methoxy groups -OCH3 is 1. The SMILES string of the molecule is COC(=O)C(N)[C@@H](CBr)C(=O)OC(C)(C)C. The molecule has 0 heterocycles. The second-order valence-electron chi connectivity index (χ2n) is 4.34. The Bertz CT molecular complexity index is 262. The average molecular weight is 296 g/mol. The van der Waals surface area contributed by atoms with E-state index >= 15 is 0 Å². The van der Waals surface area contributed by atoms with Crippen molar-refractivity contribution in [3.05, 3.63) is 0 Å². The molecule has 94 valence electrons. The molecular formula is C10H18BrNO4. The molecule has 6 heteroatoms. The van der Waals surface area contributed by atoms with Gasteiger partial charge in [-0.05, 0) is 20.8 Å². The van der Waals surface area contributed by atoms with Crippen molar-refractivity contribution in [2.24, 2.45) is 11.7 Å². The monoisotopic (exact) mass is 295 g/mol. The van der Waals surface area contributed by atoms with E-state index in [2.05, 4.69) is 20.7 Å². The van der Waals surface area contributed by atoms with E-state index in [1.807, 2.05) is 0 Å². The normalized spacial score (nSPS) is 15.1. The number of halogens is 1. The molecule has 0 aromatic carbocycles. The first kappa shape index (κ1) is 15.4. The Morgan fingerprint density at radius 2 is 1.81 bits per heavy atom. The van der Waals surface area contributed by atoms with E-state index in [-0.39, 0.29) is 5.33 Å². The molecule has 2 N–H and O–H groups in total. The smallest absolute Gasteiger partial charge is 0.323 e. The second kappa shape index (κ2) is 6.20. The second-order valence-corrected chi connectivity index (χ2v) is 4.99. The first-order chi connectivity index (χ1) is 7.22. The number of alkyl halides is 1. The summed E-state index contributed by atoms with van der Waals surface area (Å²) in [6.07, 6.45) is 0. The number of esters is 2. The summed E-state index contributed by atoms with van der Waals surface area (Å²) in [7, 11) is 1.22. The van der Waals surface area contributed by atoms with Gasteiger partial charge in [0.2, 0.25) is 0 Å². The average Bonchev–Trinajstić information content (AvgIpc) is 2.14. The third-order valence-electron chi connectivity index (χ3n) is 1.78. The largest absolute Gasteiger partial charge is 0.468 e. The van der Waals surface area contributed by atoms with E-state index in [1.165, 1.54) is 7.11 Å². The Balaban J connectivity index is 4.61. The Labute approximate surface area is 104 Å². The van der Waals surface area contributed by atoms with Crippen LogP contribution in [0.2, 0.25) is 0 Å². The van der Waals surface area contributed by atoms with E-state index in [1.54, 1.807) is 20.8 Å². The van der Waals surface area contributed by atoms with Gasteiger partial charge < -0.3 is 15.2 Å². The lowest BCUT2D eigenvalue weighted by Crippen LogP contribution is -2.45. The minimum Gasteiger partial charge on any atom is -0.468 e. The highest BCUT2D eigenvalue weighted by molar-refractivity contribution is 9.09. The molecular weight excluding hydrogens is 278 g/mol. The first-order valence-electron chi connectivity index (χ1n) is 4.85. The van der Waals surface area contributed by atoms with Crippen molar-refractivity contribution in [2.45, 2.75) is 32.4 Å². The van der Waals surface area contributed by atoms with E-state index in [4.69, 9.17) is 10.5 Å². The van der Waals surface area contributed by atoms with Gasteiger partial charge in [-0.25, -0.2) is 0 Å². The Kier molecular flexibility index (Phi) is 5.96. The van der Waals surface area contributed by atoms with Gasteiger partial charge in [-0.3, -0.25) is 9.59 Å². The summed E-state index contributed by atoms with van der Waals surface area (Å²) in [5.74, 6) is -1.88. The van der Waals surface area contributed by atoms with Gasteiger partial charge in [-0.15, -0.1) is 0 Å². The van der Waals surface area contributed by atoms with Crippen LogP contribution in [0, 0.1) is 5.92 Å². The summed E-state index contributed by atoms with van der Waals surface area (Å²) < 4.78 is 9.63. The zero-order chi connectivity index (χ0) is 12.9. The lowest BCUT2D eigenvalue weighted by atomic mass is 10.0. The van der Waals surface area contributed by atoms with Crippen LogP contribution in [0.1, 0.15) is 20.8 Å². The highest BCUT2D eigenvalue weighted by Crippen LogP contribution is 2.15. The third kappa shape index (κ3) is 4.94. The molecule has 0 saturated carbocycles. The van der Waals surface area contributed by atoms with Gasteiger partial charge >= 0.3 is 11.9 Å². The van der Waals surface area contributed by atoms with Crippen molar-refractivity contribution in [2.75, 3.05) is 12.4 Å². The number of hydrogen-bond acceptors (Lipinski definition) is 5. The Morgan fingerprint density at radius 3 is 2.12 bits per heavy atom. The predicted molar refractivity (Wildman–Crippen MR) is 63.1 cm³/mol. The molecule has 2 atom stereocenters. The van der Waals surface area contributed by atoms with E-state index in [0.29, 0.717) is 0 Å². The van der Waals surface area contributed by atoms with E-state index in [0.717, 1.165) is 0 Å². The molecule has 0 bridgehead atoms. The van der Waals surface area contributed by atoms with Gasteiger partial charge in [-0.1, -0.05) is 15.9 Å². The fourth-order valence-corrected chi connectivity index (χ4v) is 1.65. The molecule has 0 amide bonds.